The van der Waals surface area contributed by atoms with Crippen LogP contribution in [0.25, 0.3) is 0 Å². The van der Waals surface area contributed by atoms with Gasteiger partial charge in [0.15, 0.2) is 5.96 Å². The minimum absolute atomic E-state index is 0.398. The van der Waals surface area contributed by atoms with Gasteiger partial charge in [0.25, 0.3) is 0 Å². The zero-order chi connectivity index (χ0) is 12.8. The van der Waals surface area contributed by atoms with Crippen LogP contribution in [0.5, 0.6) is 5.75 Å². The molecule has 3 N–H and O–H groups in total. The van der Waals surface area contributed by atoms with E-state index in [0.717, 1.165) is 15.9 Å². The Bertz CT molecular complexity index is 405. The van der Waals surface area contributed by atoms with Crippen molar-refractivity contribution in [1.29, 1.82) is 0 Å². The molecule has 0 heterocycles. The molecule has 0 atom stereocenters. The third-order valence-corrected chi connectivity index (χ3v) is 2.54. The molecular weight excluding hydrogens is 282 g/mol. The standard InChI is InChI=1S/C12H18BrN3O/c1-8(2)7-15-12(14)16-10-6-9(13)4-5-11(10)17-3/h4-6,8H,7H2,1-3H3,(H3,14,15,16). The van der Waals surface area contributed by atoms with E-state index in [4.69, 9.17) is 10.5 Å². The van der Waals surface area contributed by atoms with Crippen LogP contribution in [0.15, 0.2) is 27.7 Å². The van der Waals surface area contributed by atoms with E-state index in [2.05, 4.69) is 40.1 Å². The molecule has 0 aliphatic carbocycles. The van der Waals surface area contributed by atoms with Gasteiger partial charge in [0.2, 0.25) is 0 Å². The highest BCUT2D eigenvalue weighted by Gasteiger charge is 2.04. The van der Waals surface area contributed by atoms with Crippen LogP contribution in [0.3, 0.4) is 0 Å². The summed E-state index contributed by atoms with van der Waals surface area (Å²) in [5.41, 5.74) is 6.59. The molecule has 0 unspecified atom stereocenters. The molecule has 1 aromatic carbocycles. The summed E-state index contributed by atoms with van der Waals surface area (Å²) in [5, 5.41) is 3.03. The average molecular weight is 300 g/mol. The second kappa shape index (κ2) is 6.49. The first-order valence-corrected chi connectivity index (χ1v) is 6.22. The number of aliphatic imine (C=N–C) groups is 1. The van der Waals surface area contributed by atoms with E-state index >= 15 is 0 Å². The molecule has 1 aromatic rings. The van der Waals surface area contributed by atoms with Gasteiger partial charge in [-0.1, -0.05) is 29.8 Å². The highest BCUT2D eigenvalue weighted by atomic mass is 79.9. The van der Waals surface area contributed by atoms with Crippen LogP contribution in [-0.4, -0.2) is 19.6 Å². The third-order valence-electron chi connectivity index (χ3n) is 2.05. The van der Waals surface area contributed by atoms with Crippen LogP contribution in [0.1, 0.15) is 13.8 Å². The van der Waals surface area contributed by atoms with Gasteiger partial charge in [0.1, 0.15) is 5.75 Å². The van der Waals surface area contributed by atoms with Crippen molar-refractivity contribution in [3.63, 3.8) is 0 Å². The molecule has 0 aliphatic rings. The van der Waals surface area contributed by atoms with E-state index in [1.54, 1.807) is 7.11 Å². The summed E-state index contributed by atoms with van der Waals surface area (Å²) in [4.78, 5) is 4.24. The highest BCUT2D eigenvalue weighted by molar-refractivity contribution is 9.10. The Morgan fingerprint density at radius 2 is 2.24 bits per heavy atom. The largest absolute Gasteiger partial charge is 0.495 e. The van der Waals surface area contributed by atoms with E-state index < -0.39 is 0 Å². The molecule has 5 heteroatoms. The number of ether oxygens (including phenoxy) is 1. The molecular formula is C12H18BrN3O. The van der Waals surface area contributed by atoms with Gasteiger partial charge in [-0.15, -0.1) is 0 Å². The number of rotatable bonds is 4. The molecule has 0 amide bonds. The van der Waals surface area contributed by atoms with Gasteiger partial charge in [-0.05, 0) is 24.1 Å². The Hall–Kier alpha value is -1.23. The Balaban J connectivity index is 2.79. The Morgan fingerprint density at radius 1 is 1.53 bits per heavy atom. The zero-order valence-corrected chi connectivity index (χ0v) is 11.9. The normalized spacial score (nSPS) is 11.7. The van der Waals surface area contributed by atoms with Crippen LogP contribution < -0.4 is 15.8 Å². The maximum absolute atomic E-state index is 5.80. The lowest BCUT2D eigenvalue weighted by atomic mass is 10.2. The molecule has 94 valence electrons. The van der Waals surface area contributed by atoms with Crippen molar-refractivity contribution < 1.29 is 4.74 Å². The van der Waals surface area contributed by atoms with Crippen molar-refractivity contribution in [2.75, 3.05) is 19.0 Å². The van der Waals surface area contributed by atoms with Crippen LogP contribution >= 0.6 is 15.9 Å². The summed E-state index contributed by atoms with van der Waals surface area (Å²) < 4.78 is 6.19. The van der Waals surface area contributed by atoms with E-state index in [-0.39, 0.29) is 0 Å². The van der Waals surface area contributed by atoms with Gasteiger partial charge in [-0.25, -0.2) is 0 Å². The minimum atomic E-state index is 0.398. The zero-order valence-electron chi connectivity index (χ0n) is 10.3. The van der Waals surface area contributed by atoms with Crippen LogP contribution in [0, 0.1) is 5.92 Å². The SMILES string of the molecule is COc1ccc(Br)cc1NC(N)=NCC(C)C. The van der Waals surface area contributed by atoms with Crippen molar-refractivity contribution >= 4 is 27.6 Å². The molecule has 4 nitrogen and oxygen atoms in total. The van der Waals surface area contributed by atoms with Gasteiger partial charge < -0.3 is 15.8 Å². The second-order valence-electron chi connectivity index (χ2n) is 4.09. The predicted molar refractivity (Wildman–Crippen MR) is 75.6 cm³/mol. The lowest BCUT2D eigenvalue weighted by Gasteiger charge is -2.11. The molecule has 0 aromatic heterocycles. The molecule has 0 radical (unpaired) electrons. The smallest absolute Gasteiger partial charge is 0.193 e. The lowest BCUT2D eigenvalue weighted by Crippen LogP contribution is -2.23. The number of anilines is 1. The van der Waals surface area contributed by atoms with Crippen LogP contribution in [0.4, 0.5) is 5.69 Å². The fourth-order valence-electron chi connectivity index (χ4n) is 1.24. The quantitative estimate of drug-likeness (QED) is 0.664. The van der Waals surface area contributed by atoms with Crippen molar-refractivity contribution in [1.82, 2.24) is 0 Å². The maximum Gasteiger partial charge on any atom is 0.193 e. The number of methoxy groups -OCH3 is 1. The van der Waals surface area contributed by atoms with Crippen molar-refractivity contribution in [2.24, 2.45) is 16.6 Å². The van der Waals surface area contributed by atoms with Gasteiger partial charge in [-0.2, -0.15) is 0 Å². The molecule has 0 aliphatic heterocycles. The number of nitrogens with two attached hydrogens (primary N) is 1. The molecule has 0 saturated carbocycles. The summed E-state index contributed by atoms with van der Waals surface area (Å²) in [6.45, 7) is 4.89. The average Bonchev–Trinajstić information content (AvgIpc) is 2.27. The van der Waals surface area contributed by atoms with Crippen LogP contribution in [0.2, 0.25) is 0 Å². The number of halogens is 1. The van der Waals surface area contributed by atoms with E-state index in [1.807, 2.05) is 18.2 Å². The van der Waals surface area contributed by atoms with Crippen LogP contribution in [-0.2, 0) is 0 Å². The second-order valence-corrected chi connectivity index (χ2v) is 5.01. The first kappa shape index (κ1) is 13.8. The summed E-state index contributed by atoms with van der Waals surface area (Å²) >= 11 is 3.40. The first-order valence-electron chi connectivity index (χ1n) is 5.43. The third kappa shape index (κ3) is 4.65. The Labute approximate surface area is 110 Å². The summed E-state index contributed by atoms with van der Waals surface area (Å²) in [5.74, 6) is 1.62. The molecule has 17 heavy (non-hydrogen) atoms. The fourth-order valence-corrected chi connectivity index (χ4v) is 1.60. The number of hydrogen-bond acceptors (Lipinski definition) is 2. The van der Waals surface area contributed by atoms with Crippen molar-refractivity contribution in [3.8, 4) is 5.75 Å². The molecule has 0 bridgehead atoms. The number of nitrogens with one attached hydrogen (secondary N) is 1. The van der Waals surface area contributed by atoms with Gasteiger partial charge in [-0.3, -0.25) is 4.99 Å². The molecule has 0 spiro atoms. The molecule has 0 saturated heterocycles. The maximum atomic E-state index is 5.80. The van der Waals surface area contributed by atoms with E-state index in [0.29, 0.717) is 18.4 Å². The number of nitrogens with zero attached hydrogens (tertiary/aromatic N) is 1. The monoisotopic (exact) mass is 299 g/mol. The lowest BCUT2D eigenvalue weighted by molar-refractivity contribution is 0.417. The van der Waals surface area contributed by atoms with Gasteiger partial charge in [0.05, 0.1) is 12.8 Å². The van der Waals surface area contributed by atoms with Crippen molar-refractivity contribution in [2.45, 2.75) is 13.8 Å². The number of benzene rings is 1. The highest BCUT2D eigenvalue weighted by Crippen LogP contribution is 2.27. The topological polar surface area (TPSA) is 59.6 Å². The molecule has 1 rings (SSSR count). The summed E-state index contributed by atoms with van der Waals surface area (Å²) in [6, 6.07) is 5.67. The summed E-state index contributed by atoms with van der Waals surface area (Å²) in [7, 11) is 1.62. The molecule has 0 fully saturated rings. The Kier molecular flexibility index (Phi) is 5.28. The fraction of sp³-hybridized carbons (Fsp3) is 0.417. The number of hydrogen-bond donors (Lipinski definition) is 2. The minimum Gasteiger partial charge on any atom is -0.495 e. The van der Waals surface area contributed by atoms with E-state index in [9.17, 15) is 0 Å². The van der Waals surface area contributed by atoms with E-state index in [1.165, 1.54) is 0 Å². The number of guanidine groups is 1. The summed E-state index contributed by atoms with van der Waals surface area (Å²) in [6.07, 6.45) is 0. The first-order chi connectivity index (χ1) is 8.02. The van der Waals surface area contributed by atoms with Gasteiger partial charge >= 0.3 is 0 Å². The van der Waals surface area contributed by atoms with Crippen molar-refractivity contribution in [3.05, 3.63) is 22.7 Å². The predicted octanol–water partition coefficient (Wildman–Crippen LogP) is 2.84. The van der Waals surface area contributed by atoms with Gasteiger partial charge in [0, 0.05) is 11.0 Å². The Morgan fingerprint density at radius 3 is 2.82 bits per heavy atom.